The summed E-state index contributed by atoms with van der Waals surface area (Å²) in [6.45, 7) is 0.445. The van der Waals surface area contributed by atoms with Gasteiger partial charge in [0.2, 0.25) is 0 Å². The van der Waals surface area contributed by atoms with E-state index in [0.717, 1.165) is 10.7 Å². The van der Waals surface area contributed by atoms with Crippen LogP contribution in [-0.4, -0.2) is 11.6 Å². The van der Waals surface area contributed by atoms with Gasteiger partial charge in [0.15, 0.2) is 0 Å². The topological polar surface area (TPSA) is 22.1 Å². The van der Waals surface area contributed by atoms with E-state index in [-0.39, 0.29) is 10.8 Å². The summed E-state index contributed by atoms with van der Waals surface area (Å²) in [5, 5.41) is 3.16. The van der Waals surface area contributed by atoms with Crippen LogP contribution >= 0.6 is 34.5 Å². The minimum atomic E-state index is -0.376. The summed E-state index contributed by atoms with van der Waals surface area (Å²) in [6.07, 6.45) is 0.676. The first kappa shape index (κ1) is 13.6. The fourth-order valence-corrected chi connectivity index (χ4v) is 2.60. The van der Waals surface area contributed by atoms with Gasteiger partial charge in [0.1, 0.15) is 11.6 Å². The van der Waals surface area contributed by atoms with Crippen molar-refractivity contribution in [2.75, 3.05) is 6.61 Å². The third-order valence-corrected chi connectivity index (χ3v) is 3.73. The fraction of sp³-hybridized carbons (Fsp3) is 0.250. The van der Waals surface area contributed by atoms with E-state index in [0.29, 0.717) is 24.7 Å². The lowest BCUT2D eigenvalue weighted by molar-refractivity contribution is 0.321. The maximum Gasteiger partial charge on any atom is 0.138 e. The quantitative estimate of drug-likeness (QED) is 0.769. The zero-order valence-electron chi connectivity index (χ0n) is 9.33. The Labute approximate surface area is 118 Å². The number of hydrogen-bond acceptors (Lipinski definition) is 3. The minimum absolute atomic E-state index is 0.274. The van der Waals surface area contributed by atoms with Crippen molar-refractivity contribution in [3.8, 4) is 5.75 Å². The molecule has 6 heteroatoms. The smallest absolute Gasteiger partial charge is 0.138 e. The molecule has 0 aliphatic rings. The molecule has 0 N–H and O–H groups in total. The zero-order chi connectivity index (χ0) is 13.0. The van der Waals surface area contributed by atoms with Gasteiger partial charge in [-0.2, -0.15) is 0 Å². The van der Waals surface area contributed by atoms with Crippen molar-refractivity contribution in [2.24, 2.45) is 0 Å². The monoisotopic (exact) mass is 305 g/mol. The molecule has 18 heavy (non-hydrogen) atoms. The van der Waals surface area contributed by atoms with Gasteiger partial charge in [-0.25, -0.2) is 9.37 Å². The summed E-state index contributed by atoms with van der Waals surface area (Å²) >= 11 is 13.1. The number of aromatic nitrogens is 1. The lowest BCUT2D eigenvalue weighted by Gasteiger charge is -2.06. The van der Waals surface area contributed by atoms with Crippen LogP contribution in [0.4, 0.5) is 4.39 Å². The third kappa shape index (κ3) is 3.57. The van der Waals surface area contributed by atoms with Crippen LogP contribution in [0.1, 0.15) is 10.7 Å². The van der Waals surface area contributed by atoms with Crippen molar-refractivity contribution in [1.29, 1.82) is 0 Å². The molecule has 0 saturated heterocycles. The molecule has 0 aliphatic carbocycles. The molecule has 1 aromatic heterocycles. The first-order chi connectivity index (χ1) is 8.69. The first-order valence-corrected chi connectivity index (χ1v) is 7.05. The Morgan fingerprint density at radius 3 is 2.89 bits per heavy atom. The van der Waals surface area contributed by atoms with Crippen LogP contribution in [0.25, 0.3) is 0 Å². The Morgan fingerprint density at radius 1 is 1.39 bits per heavy atom. The molecule has 2 rings (SSSR count). The molecule has 0 amide bonds. The van der Waals surface area contributed by atoms with Gasteiger partial charge in [-0.1, -0.05) is 11.6 Å². The number of thiazole rings is 1. The highest BCUT2D eigenvalue weighted by atomic mass is 35.5. The predicted molar refractivity (Wildman–Crippen MR) is 72.3 cm³/mol. The number of halogens is 3. The normalized spacial score (nSPS) is 10.6. The number of benzene rings is 1. The Hall–Kier alpha value is -0.840. The van der Waals surface area contributed by atoms with Crippen LogP contribution in [0.5, 0.6) is 5.75 Å². The Balaban J connectivity index is 1.88. The summed E-state index contributed by atoms with van der Waals surface area (Å²) in [6, 6.07) is 4.06. The summed E-state index contributed by atoms with van der Waals surface area (Å²) in [4.78, 5) is 4.31. The Morgan fingerprint density at radius 2 is 2.22 bits per heavy atom. The van der Waals surface area contributed by atoms with Crippen molar-refractivity contribution in [2.45, 2.75) is 12.3 Å². The molecule has 0 radical (unpaired) electrons. The number of alkyl halides is 1. The molecular formula is C12H10Cl2FNOS. The summed E-state index contributed by atoms with van der Waals surface area (Å²) < 4.78 is 18.3. The minimum Gasteiger partial charge on any atom is -0.492 e. The number of nitrogens with zero attached hydrogens (tertiary/aromatic N) is 1. The second-order valence-electron chi connectivity index (χ2n) is 3.54. The van der Waals surface area contributed by atoms with Gasteiger partial charge >= 0.3 is 0 Å². The van der Waals surface area contributed by atoms with E-state index in [1.807, 2.05) is 5.38 Å². The van der Waals surface area contributed by atoms with E-state index < -0.39 is 0 Å². The second kappa shape index (κ2) is 6.36. The SMILES string of the molecule is Fc1ccc(OCCc2nc(CCl)cs2)c(Cl)c1. The Kier molecular flexibility index (Phi) is 4.80. The first-order valence-electron chi connectivity index (χ1n) is 5.26. The van der Waals surface area contributed by atoms with E-state index in [1.165, 1.54) is 18.2 Å². The van der Waals surface area contributed by atoms with Gasteiger partial charge in [0.05, 0.1) is 28.2 Å². The lowest BCUT2D eigenvalue weighted by atomic mass is 10.3. The highest BCUT2D eigenvalue weighted by Gasteiger charge is 2.05. The molecule has 0 fully saturated rings. The average Bonchev–Trinajstić information content (AvgIpc) is 2.80. The van der Waals surface area contributed by atoms with Gasteiger partial charge in [-0.05, 0) is 18.2 Å². The largest absolute Gasteiger partial charge is 0.492 e. The molecule has 2 nitrogen and oxygen atoms in total. The molecule has 0 spiro atoms. The van der Waals surface area contributed by atoms with Gasteiger partial charge < -0.3 is 4.74 Å². The van der Waals surface area contributed by atoms with Crippen LogP contribution in [0.15, 0.2) is 23.6 Å². The highest BCUT2D eigenvalue weighted by molar-refractivity contribution is 7.09. The number of ether oxygens (including phenoxy) is 1. The van der Waals surface area contributed by atoms with Crippen molar-refractivity contribution >= 4 is 34.5 Å². The van der Waals surface area contributed by atoms with Crippen molar-refractivity contribution < 1.29 is 9.13 Å². The van der Waals surface area contributed by atoms with E-state index in [4.69, 9.17) is 27.9 Å². The molecule has 96 valence electrons. The van der Waals surface area contributed by atoms with E-state index in [9.17, 15) is 4.39 Å². The molecule has 0 bridgehead atoms. The van der Waals surface area contributed by atoms with Crippen LogP contribution < -0.4 is 4.74 Å². The molecule has 0 aliphatic heterocycles. The number of rotatable bonds is 5. The second-order valence-corrected chi connectivity index (χ2v) is 5.16. The fourth-order valence-electron chi connectivity index (χ4n) is 1.37. The van der Waals surface area contributed by atoms with E-state index >= 15 is 0 Å². The molecule has 0 saturated carbocycles. The maximum atomic E-state index is 12.8. The summed E-state index contributed by atoms with van der Waals surface area (Å²) in [5.41, 5.74) is 0.872. The number of hydrogen-bond donors (Lipinski definition) is 0. The lowest BCUT2D eigenvalue weighted by Crippen LogP contribution is -2.01. The van der Waals surface area contributed by atoms with Gasteiger partial charge in [0.25, 0.3) is 0 Å². The van der Waals surface area contributed by atoms with Crippen LogP contribution in [0, 0.1) is 5.82 Å². The predicted octanol–water partition coefficient (Wildman–Crippen LogP) is 4.30. The molecular weight excluding hydrogens is 296 g/mol. The van der Waals surface area contributed by atoms with Gasteiger partial charge in [-0.15, -0.1) is 22.9 Å². The molecule has 1 heterocycles. The highest BCUT2D eigenvalue weighted by Crippen LogP contribution is 2.25. The van der Waals surface area contributed by atoms with Crippen LogP contribution in [-0.2, 0) is 12.3 Å². The third-order valence-electron chi connectivity index (χ3n) is 2.20. The van der Waals surface area contributed by atoms with Crippen molar-refractivity contribution in [3.05, 3.63) is 45.1 Å². The Bertz CT molecular complexity index is 533. The summed E-state index contributed by atoms with van der Waals surface area (Å²) in [7, 11) is 0. The molecule has 0 unspecified atom stereocenters. The molecule has 2 aromatic rings. The van der Waals surface area contributed by atoms with E-state index in [2.05, 4.69) is 4.98 Å². The van der Waals surface area contributed by atoms with Crippen LogP contribution in [0.2, 0.25) is 5.02 Å². The molecule has 1 aromatic carbocycles. The molecule has 0 atom stereocenters. The van der Waals surface area contributed by atoms with Gasteiger partial charge in [-0.3, -0.25) is 0 Å². The van der Waals surface area contributed by atoms with Gasteiger partial charge in [0, 0.05) is 11.8 Å². The zero-order valence-corrected chi connectivity index (χ0v) is 11.7. The maximum absolute atomic E-state index is 12.8. The van der Waals surface area contributed by atoms with Crippen molar-refractivity contribution in [1.82, 2.24) is 4.98 Å². The standard InChI is InChI=1S/C12H10Cl2FNOS/c13-6-9-7-18-12(16-9)3-4-17-11-2-1-8(15)5-10(11)14/h1-2,5,7H,3-4,6H2. The van der Waals surface area contributed by atoms with Crippen molar-refractivity contribution in [3.63, 3.8) is 0 Å². The van der Waals surface area contributed by atoms with E-state index in [1.54, 1.807) is 11.3 Å². The van der Waals surface area contributed by atoms with Crippen LogP contribution in [0.3, 0.4) is 0 Å². The summed E-state index contributed by atoms with van der Waals surface area (Å²) in [5.74, 6) is 0.521. The average molecular weight is 306 g/mol.